The Morgan fingerprint density at radius 1 is 1.16 bits per heavy atom. The van der Waals surface area contributed by atoms with Crippen LogP contribution in [0.3, 0.4) is 0 Å². The van der Waals surface area contributed by atoms with Gasteiger partial charge in [-0.1, -0.05) is 0 Å². The van der Waals surface area contributed by atoms with Gasteiger partial charge in [0.2, 0.25) is 0 Å². The molecule has 134 valence electrons. The molecule has 2 N–H and O–H groups in total. The van der Waals surface area contributed by atoms with Gasteiger partial charge in [0.15, 0.2) is 11.6 Å². The zero-order valence-electron chi connectivity index (χ0n) is 14.6. The predicted molar refractivity (Wildman–Crippen MR) is 90.2 cm³/mol. The summed E-state index contributed by atoms with van der Waals surface area (Å²) < 4.78 is 32.7. The van der Waals surface area contributed by atoms with E-state index in [1.54, 1.807) is 13.8 Å². The van der Waals surface area contributed by atoms with Crippen molar-refractivity contribution in [1.82, 2.24) is 4.98 Å². The molecular weight excluding hydrogens is 332 g/mol. The van der Waals surface area contributed by atoms with Crippen molar-refractivity contribution in [1.29, 1.82) is 0 Å². The maximum atomic E-state index is 14.0. The summed E-state index contributed by atoms with van der Waals surface area (Å²) in [6.07, 6.45) is 0. The zero-order valence-corrected chi connectivity index (χ0v) is 14.6. The number of esters is 1. The maximum Gasteiger partial charge on any atom is 0.339 e. The number of aromatic amines is 1. The number of aromatic nitrogens is 1. The minimum Gasteiger partial charge on any atom is -0.465 e. The number of aryl methyl sites for hydroxylation is 1. The molecule has 2 rings (SSSR count). The molecule has 0 aliphatic rings. The van der Waals surface area contributed by atoms with Crippen molar-refractivity contribution < 1.29 is 23.1 Å². The van der Waals surface area contributed by atoms with E-state index in [4.69, 9.17) is 0 Å². The average Bonchev–Trinajstić information content (AvgIpc) is 2.80. The fourth-order valence-electron chi connectivity index (χ4n) is 2.64. The van der Waals surface area contributed by atoms with Gasteiger partial charge in [0.25, 0.3) is 5.91 Å². The Morgan fingerprint density at radius 2 is 1.72 bits per heavy atom. The van der Waals surface area contributed by atoms with Gasteiger partial charge < -0.3 is 19.9 Å². The fourth-order valence-corrected chi connectivity index (χ4v) is 2.64. The van der Waals surface area contributed by atoms with Crippen LogP contribution in [0.4, 0.5) is 20.2 Å². The van der Waals surface area contributed by atoms with Crippen LogP contribution in [0.15, 0.2) is 12.1 Å². The number of H-pyrrole nitrogens is 1. The molecule has 1 aromatic carbocycles. The van der Waals surface area contributed by atoms with E-state index in [0.717, 1.165) is 12.1 Å². The van der Waals surface area contributed by atoms with Crippen molar-refractivity contribution >= 4 is 23.3 Å². The lowest BCUT2D eigenvalue weighted by atomic mass is 10.1. The molecular formula is C17H19F2N3O3. The number of nitrogens with one attached hydrogen (secondary N) is 2. The molecule has 0 saturated heterocycles. The van der Waals surface area contributed by atoms with Crippen molar-refractivity contribution in [3.05, 3.63) is 46.3 Å². The summed E-state index contributed by atoms with van der Waals surface area (Å²) in [4.78, 5) is 28.3. The summed E-state index contributed by atoms with van der Waals surface area (Å²) in [6.45, 7) is 3.21. The summed E-state index contributed by atoms with van der Waals surface area (Å²) in [5.41, 5.74) is 1.01. The van der Waals surface area contributed by atoms with Gasteiger partial charge in [0, 0.05) is 25.5 Å². The third-order valence-electron chi connectivity index (χ3n) is 3.78. The standard InChI is InChI=1S/C17H19F2N3O3/c1-8-13(17(24)25-5)9(2)20-14(8)16(23)21-10-6-11(18)15(22(3)4)12(19)7-10/h6-7,20H,1-5H3,(H,21,23). The first-order valence-corrected chi connectivity index (χ1v) is 7.42. The average molecular weight is 351 g/mol. The molecule has 0 aliphatic carbocycles. The van der Waals surface area contributed by atoms with Crippen molar-refractivity contribution in [3.8, 4) is 0 Å². The number of carbonyl (C=O) groups is 2. The highest BCUT2D eigenvalue weighted by molar-refractivity contribution is 6.06. The van der Waals surface area contributed by atoms with Crippen LogP contribution in [-0.4, -0.2) is 38.1 Å². The minimum absolute atomic E-state index is 0.0307. The van der Waals surface area contributed by atoms with Crippen molar-refractivity contribution in [2.24, 2.45) is 0 Å². The van der Waals surface area contributed by atoms with Gasteiger partial charge in [-0.05, 0) is 31.5 Å². The molecule has 0 bridgehead atoms. The van der Waals surface area contributed by atoms with E-state index in [9.17, 15) is 18.4 Å². The summed E-state index contributed by atoms with van der Waals surface area (Å²) in [5, 5.41) is 2.42. The van der Waals surface area contributed by atoms with E-state index in [1.807, 2.05) is 0 Å². The lowest BCUT2D eigenvalue weighted by Gasteiger charge is -2.15. The number of nitrogens with zero attached hydrogens (tertiary/aromatic N) is 1. The van der Waals surface area contributed by atoms with Gasteiger partial charge in [-0.2, -0.15) is 0 Å². The number of rotatable bonds is 4. The molecule has 0 aliphatic heterocycles. The monoisotopic (exact) mass is 351 g/mol. The van der Waals surface area contributed by atoms with Crippen LogP contribution in [0.2, 0.25) is 0 Å². The second-order valence-corrected chi connectivity index (χ2v) is 5.75. The number of amides is 1. The van der Waals surface area contributed by atoms with Crippen LogP contribution < -0.4 is 10.2 Å². The van der Waals surface area contributed by atoms with Crippen LogP contribution in [0, 0.1) is 25.5 Å². The normalized spacial score (nSPS) is 10.5. The van der Waals surface area contributed by atoms with Gasteiger partial charge in [-0.3, -0.25) is 4.79 Å². The first-order valence-electron chi connectivity index (χ1n) is 7.42. The Kier molecular flexibility index (Phi) is 5.10. The highest BCUT2D eigenvalue weighted by Crippen LogP contribution is 2.26. The van der Waals surface area contributed by atoms with E-state index in [2.05, 4.69) is 15.0 Å². The molecule has 1 amide bonds. The lowest BCUT2D eigenvalue weighted by Crippen LogP contribution is -2.16. The Labute approximate surface area is 143 Å². The molecule has 0 fully saturated rings. The van der Waals surface area contributed by atoms with Crippen LogP contribution in [0.1, 0.15) is 32.1 Å². The molecule has 1 aromatic heterocycles. The highest BCUT2D eigenvalue weighted by atomic mass is 19.1. The van der Waals surface area contributed by atoms with Gasteiger partial charge in [-0.15, -0.1) is 0 Å². The molecule has 6 nitrogen and oxygen atoms in total. The summed E-state index contributed by atoms with van der Waals surface area (Å²) in [5.74, 6) is -2.78. The van der Waals surface area contributed by atoms with Crippen LogP contribution in [0.5, 0.6) is 0 Å². The summed E-state index contributed by atoms with van der Waals surface area (Å²) >= 11 is 0. The number of hydrogen-bond acceptors (Lipinski definition) is 4. The first kappa shape index (κ1) is 18.4. The third-order valence-corrected chi connectivity index (χ3v) is 3.78. The summed E-state index contributed by atoms with van der Waals surface area (Å²) in [6, 6.07) is 2.06. The maximum absolute atomic E-state index is 14.0. The predicted octanol–water partition coefficient (Wildman–Crippen LogP) is 3.01. The molecule has 0 radical (unpaired) electrons. The molecule has 2 aromatic rings. The SMILES string of the molecule is COC(=O)c1c(C)[nH]c(C(=O)Nc2cc(F)c(N(C)C)c(F)c2)c1C. The number of ether oxygens (including phenoxy) is 1. The number of methoxy groups -OCH3 is 1. The van der Waals surface area contributed by atoms with E-state index in [1.165, 1.54) is 26.1 Å². The Balaban J connectivity index is 2.34. The van der Waals surface area contributed by atoms with Gasteiger partial charge in [0.05, 0.1) is 12.7 Å². The summed E-state index contributed by atoms with van der Waals surface area (Å²) in [7, 11) is 4.27. The van der Waals surface area contributed by atoms with Crippen LogP contribution in [-0.2, 0) is 4.74 Å². The molecule has 8 heteroatoms. The molecule has 0 saturated carbocycles. The number of benzene rings is 1. The molecule has 25 heavy (non-hydrogen) atoms. The molecule has 1 heterocycles. The highest BCUT2D eigenvalue weighted by Gasteiger charge is 2.23. The number of halogens is 2. The third kappa shape index (κ3) is 3.47. The quantitative estimate of drug-likeness (QED) is 0.831. The second-order valence-electron chi connectivity index (χ2n) is 5.75. The number of carbonyl (C=O) groups excluding carboxylic acids is 2. The molecule has 0 spiro atoms. The number of anilines is 2. The Bertz CT molecular complexity index is 821. The second kappa shape index (κ2) is 6.92. The molecule has 0 unspecified atom stereocenters. The largest absolute Gasteiger partial charge is 0.465 e. The van der Waals surface area contributed by atoms with Crippen LogP contribution in [0.25, 0.3) is 0 Å². The van der Waals surface area contributed by atoms with Gasteiger partial charge in [0.1, 0.15) is 11.4 Å². The lowest BCUT2D eigenvalue weighted by molar-refractivity contribution is 0.0599. The Hall–Kier alpha value is -2.90. The van der Waals surface area contributed by atoms with E-state index >= 15 is 0 Å². The Morgan fingerprint density at radius 3 is 2.20 bits per heavy atom. The smallest absolute Gasteiger partial charge is 0.339 e. The van der Waals surface area contributed by atoms with E-state index in [-0.39, 0.29) is 22.6 Å². The van der Waals surface area contributed by atoms with E-state index in [0.29, 0.717) is 11.3 Å². The van der Waals surface area contributed by atoms with Crippen molar-refractivity contribution in [2.45, 2.75) is 13.8 Å². The minimum atomic E-state index is -0.796. The fraction of sp³-hybridized carbons (Fsp3) is 0.294. The van der Waals surface area contributed by atoms with Crippen molar-refractivity contribution in [3.63, 3.8) is 0 Å². The first-order chi connectivity index (χ1) is 11.7. The zero-order chi connectivity index (χ0) is 18.9. The topological polar surface area (TPSA) is 74.4 Å². The van der Waals surface area contributed by atoms with E-state index < -0.39 is 23.5 Å². The molecule has 0 atom stereocenters. The van der Waals surface area contributed by atoms with Gasteiger partial charge >= 0.3 is 5.97 Å². The number of hydrogen-bond donors (Lipinski definition) is 2. The van der Waals surface area contributed by atoms with Crippen molar-refractivity contribution in [2.75, 3.05) is 31.4 Å². The van der Waals surface area contributed by atoms with Gasteiger partial charge in [-0.25, -0.2) is 13.6 Å². The van der Waals surface area contributed by atoms with Crippen LogP contribution >= 0.6 is 0 Å².